The van der Waals surface area contributed by atoms with Crippen molar-refractivity contribution in [3.8, 4) is 5.69 Å². The number of carbonyl (C=O) groups is 2. The molecular formula is C15H14BrN3O2S. The third-order valence-corrected chi connectivity index (χ3v) is 4.79. The Labute approximate surface area is 140 Å². The summed E-state index contributed by atoms with van der Waals surface area (Å²) in [7, 11) is 0. The van der Waals surface area contributed by atoms with Crippen LogP contribution in [-0.4, -0.2) is 32.6 Å². The highest BCUT2D eigenvalue weighted by molar-refractivity contribution is 9.10. The van der Waals surface area contributed by atoms with Gasteiger partial charge in [-0.2, -0.15) is 5.10 Å². The van der Waals surface area contributed by atoms with Gasteiger partial charge in [-0.05, 0) is 40.2 Å². The van der Waals surface area contributed by atoms with Gasteiger partial charge in [0.05, 0.1) is 16.4 Å². The summed E-state index contributed by atoms with van der Waals surface area (Å²) in [6, 6.07) is 7.66. The first-order chi connectivity index (χ1) is 10.5. The van der Waals surface area contributed by atoms with E-state index < -0.39 is 0 Å². The Morgan fingerprint density at radius 3 is 2.59 bits per heavy atom. The monoisotopic (exact) mass is 379 g/mol. The highest BCUT2D eigenvalue weighted by Crippen LogP contribution is 2.29. The van der Waals surface area contributed by atoms with E-state index in [4.69, 9.17) is 0 Å². The Balaban J connectivity index is 1.75. The number of amides is 1. The summed E-state index contributed by atoms with van der Waals surface area (Å²) in [5.74, 6) is 0.0633. The molecule has 0 bridgehead atoms. The molecule has 1 aliphatic rings. The third kappa shape index (κ3) is 3.25. The van der Waals surface area contributed by atoms with Gasteiger partial charge in [-0.15, -0.1) is 0 Å². The van der Waals surface area contributed by atoms with Crippen LogP contribution in [0.4, 0.5) is 5.69 Å². The average Bonchev–Trinajstić information content (AvgIpc) is 3.05. The molecule has 2 aromatic rings. The summed E-state index contributed by atoms with van der Waals surface area (Å²) in [4.78, 5) is 25.0. The minimum atomic E-state index is 0.0479. The van der Waals surface area contributed by atoms with Gasteiger partial charge < -0.3 is 4.90 Å². The van der Waals surface area contributed by atoms with Gasteiger partial charge in [-0.3, -0.25) is 9.59 Å². The average molecular weight is 380 g/mol. The summed E-state index contributed by atoms with van der Waals surface area (Å²) in [5.41, 5.74) is 1.78. The van der Waals surface area contributed by atoms with E-state index in [1.165, 1.54) is 18.7 Å². The normalized spacial score (nSPS) is 18.0. The minimum absolute atomic E-state index is 0.0479. The van der Waals surface area contributed by atoms with Gasteiger partial charge in [0.1, 0.15) is 0 Å². The van der Waals surface area contributed by atoms with Gasteiger partial charge >= 0.3 is 0 Å². The maximum Gasteiger partial charge on any atom is 0.228 e. The van der Waals surface area contributed by atoms with Gasteiger partial charge in [0.25, 0.3) is 0 Å². The molecule has 1 unspecified atom stereocenters. The number of carbonyl (C=O) groups excluding carboxylic acids is 2. The molecule has 1 aromatic carbocycles. The Kier molecular flexibility index (Phi) is 4.35. The predicted octanol–water partition coefficient (Wildman–Crippen LogP) is 3.02. The van der Waals surface area contributed by atoms with Crippen molar-refractivity contribution in [1.29, 1.82) is 0 Å². The lowest BCUT2D eigenvalue weighted by atomic mass is 10.2. The number of halogens is 1. The zero-order chi connectivity index (χ0) is 15.7. The fourth-order valence-corrected chi connectivity index (χ4v) is 3.67. The first kappa shape index (κ1) is 15.3. The van der Waals surface area contributed by atoms with Crippen LogP contribution in [0.15, 0.2) is 41.1 Å². The molecule has 1 saturated heterocycles. The Hall–Kier alpha value is -1.60. The van der Waals surface area contributed by atoms with E-state index in [1.54, 1.807) is 15.8 Å². The molecule has 1 fully saturated rings. The number of benzene rings is 1. The first-order valence-electron chi connectivity index (χ1n) is 6.81. The second kappa shape index (κ2) is 6.26. The summed E-state index contributed by atoms with van der Waals surface area (Å²) in [5, 5.41) is 4.32. The zero-order valence-electron chi connectivity index (χ0n) is 11.9. The highest BCUT2D eigenvalue weighted by Gasteiger charge is 2.31. The zero-order valence-corrected chi connectivity index (χ0v) is 14.3. The molecule has 114 valence electrons. The minimum Gasteiger partial charge on any atom is -0.311 e. The molecule has 0 radical (unpaired) electrons. The number of hydrogen-bond acceptors (Lipinski definition) is 4. The SMILES string of the molecule is CC(=O)SC1CC(=O)N(c2ccc(-n3cc(Br)cn3)cc2)C1. The van der Waals surface area contributed by atoms with Crippen LogP contribution in [0.5, 0.6) is 0 Å². The molecule has 1 aliphatic heterocycles. The molecular weight excluding hydrogens is 366 g/mol. The largest absolute Gasteiger partial charge is 0.311 e. The number of aromatic nitrogens is 2. The van der Waals surface area contributed by atoms with Gasteiger partial charge in [0.2, 0.25) is 5.91 Å². The molecule has 0 spiro atoms. The summed E-state index contributed by atoms with van der Waals surface area (Å²) in [6.07, 6.45) is 4.01. The predicted molar refractivity (Wildman–Crippen MR) is 90.3 cm³/mol. The maximum absolute atomic E-state index is 12.1. The summed E-state index contributed by atoms with van der Waals surface area (Å²) >= 11 is 4.61. The van der Waals surface area contributed by atoms with Crippen LogP contribution in [0.2, 0.25) is 0 Å². The number of rotatable bonds is 3. The third-order valence-electron chi connectivity index (χ3n) is 3.40. The molecule has 0 aliphatic carbocycles. The van der Waals surface area contributed by atoms with E-state index in [0.717, 1.165) is 15.8 Å². The molecule has 2 heterocycles. The van der Waals surface area contributed by atoms with Crippen LogP contribution >= 0.6 is 27.7 Å². The van der Waals surface area contributed by atoms with Gasteiger partial charge in [-0.1, -0.05) is 11.8 Å². The van der Waals surface area contributed by atoms with E-state index in [9.17, 15) is 9.59 Å². The first-order valence-corrected chi connectivity index (χ1v) is 8.48. The van der Waals surface area contributed by atoms with Crippen molar-refractivity contribution in [3.63, 3.8) is 0 Å². The van der Waals surface area contributed by atoms with E-state index in [1.807, 2.05) is 30.5 Å². The molecule has 1 amide bonds. The molecule has 7 heteroatoms. The van der Waals surface area contributed by atoms with Crippen molar-refractivity contribution < 1.29 is 9.59 Å². The van der Waals surface area contributed by atoms with E-state index >= 15 is 0 Å². The summed E-state index contributed by atoms with van der Waals surface area (Å²) < 4.78 is 2.67. The van der Waals surface area contributed by atoms with Crippen molar-refractivity contribution in [3.05, 3.63) is 41.1 Å². The van der Waals surface area contributed by atoms with E-state index in [2.05, 4.69) is 21.0 Å². The number of thioether (sulfide) groups is 1. The molecule has 1 aromatic heterocycles. The molecule has 0 N–H and O–H groups in total. The lowest BCUT2D eigenvalue weighted by molar-refractivity contribution is -0.117. The van der Waals surface area contributed by atoms with Gasteiger partial charge in [0.15, 0.2) is 5.12 Å². The van der Waals surface area contributed by atoms with Crippen LogP contribution in [-0.2, 0) is 9.59 Å². The van der Waals surface area contributed by atoms with E-state index in [-0.39, 0.29) is 16.3 Å². The van der Waals surface area contributed by atoms with Crippen LogP contribution < -0.4 is 4.90 Å². The molecule has 1 atom stereocenters. The van der Waals surface area contributed by atoms with Crippen molar-refractivity contribution in [1.82, 2.24) is 9.78 Å². The quantitative estimate of drug-likeness (QED) is 0.822. The standard InChI is InChI=1S/C15H14BrN3O2S/c1-10(20)22-14-6-15(21)18(9-14)12-2-4-13(5-3-12)19-8-11(16)7-17-19/h2-5,7-8,14H,6,9H2,1H3. The summed E-state index contributed by atoms with van der Waals surface area (Å²) in [6.45, 7) is 2.12. The van der Waals surface area contributed by atoms with Crippen LogP contribution in [0.1, 0.15) is 13.3 Å². The van der Waals surface area contributed by atoms with Crippen LogP contribution in [0.25, 0.3) is 5.69 Å². The number of anilines is 1. The fraction of sp³-hybridized carbons (Fsp3) is 0.267. The van der Waals surface area contributed by atoms with Gasteiger partial charge in [0, 0.05) is 37.0 Å². The molecule has 5 nitrogen and oxygen atoms in total. The van der Waals surface area contributed by atoms with Crippen molar-refractivity contribution >= 4 is 44.4 Å². The number of nitrogens with zero attached hydrogens (tertiary/aromatic N) is 3. The van der Waals surface area contributed by atoms with Crippen molar-refractivity contribution in [2.75, 3.05) is 11.4 Å². The number of hydrogen-bond donors (Lipinski definition) is 0. The lowest BCUT2D eigenvalue weighted by Crippen LogP contribution is -2.24. The smallest absolute Gasteiger partial charge is 0.228 e. The molecule has 0 saturated carbocycles. The Morgan fingerprint density at radius 2 is 2.00 bits per heavy atom. The Morgan fingerprint density at radius 1 is 1.32 bits per heavy atom. The van der Waals surface area contributed by atoms with E-state index in [0.29, 0.717) is 13.0 Å². The fourth-order valence-electron chi connectivity index (χ4n) is 2.47. The highest BCUT2D eigenvalue weighted by atomic mass is 79.9. The second-order valence-electron chi connectivity index (χ2n) is 5.06. The van der Waals surface area contributed by atoms with Crippen molar-refractivity contribution in [2.24, 2.45) is 0 Å². The van der Waals surface area contributed by atoms with Crippen LogP contribution in [0, 0.1) is 0 Å². The second-order valence-corrected chi connectivity index (χ2v) is 7.45. The molecule has 3 rings (SSSR count). The van der Waals surface area contributed by atoms with Gasteiger partial charge in [-0.25, -0.2) is 4.68 Å². The maximum atomic E-state index is 12.1. The van der Waals surface area contributed by atoms with Crippen molar-refractivity contribution in [2.45, 2.75) is 18.6 Å². The lowest BCUT2D eigenvalue weighted by Gasteiger charge is -2.16. The topological polar surface area (TPSA) is 55.2 Å². The van der Waals surface area contributed by atoms with Crippen LogP contribution in [0.3, 0.4) is 0 Å². The molecule has 22 heavy (non-hydrogen) atoms. The Bertz CT molecular complexity index is 714.